The van der Waals surface area contributed by atoms with Gasteiger partial charge in [0.15, 0.2) is 0 Å². The van der Waals surface area contributed by atoms with E-state index in [1.165, 1.54) is 6.07 Å². The quantitative estimate of drug-likeness (QED) is 0.918. The van der Waals surface area contributed by atoms with E-state index in [0.29, 0.717) is 16.8 Å². The molecule has 2 aromatic carbocycles. The molecule has 0 heterocycles. The lowest BCUT2D eigenvalue weighted by molar-refractivity contribution is 0.281. The molecule has 0 spiro atoms. The van der Waals surface area contributed by atoms with Crippen LogP contribution in [0.25, 0.3) is 0 Å². The van der Waals surface area contributed by atoms with Crippen molar-refractivity contribution < 1.29 is 9.50 Å². The molecule has 0 bridgehead atoms. The van der Waals surface area contributed by atoms with Gasteiger partial charge in [-0.3, -0.25) is 0 Å². The number of halogens is 1. The van der Waals surface area contributed by atoms with E-state index in [2.05, 4.69) is 6.07 Å². The van der Waals surface area contributed by atoms with E-state index >= 15 is 0 Å². The van der Waals surface area contributed by atoms with E-state index in [0.717, 1.165) is 5.69 Å². The van der Waals surface area contributed by atoms with Crippen molar-refractivity contribution >= 4 is 11.4 Å². The van der Waals surface area contributed by atoms with Crippen molar-refractivity contribution in [2.45, 2.75) is 6.61 Å². The highest BCUT2D eigenvalue weighted by molar-refractivity contribution is 5.64. The molecule has 0 fully saturated rings. The van der Waals surface area contributed by atoms with Crippen LogP contribution in [0.3, 0.4) is 0 Å². The second-order valence-electron chi connectivity index (χ2n) is 4.17. The summed E-state index contributed by atoms with van der Waals surface area (Å²) in [5.74, 6) is -0.406. The minimum absolute atomic E-state index is 0.190. The number of hydrogen-bond acceptors (Lipinski definition) is 3. The third-order valence-electron chi connectivity index (χ3n) is 2.92. The Labute approximate surface area is 111 Å². The Kier molecular flexibility index (Phi) is 3.79. The van der Waals surface area contributed by atoms with Gasteiger partial charge in [-0.1, -0.05) is 12.1 Å². The average Bonchev–Trinajstić information content (AvgIpc) is 2.46. The molecule has 0 atom stereocenters. The average molecular weight is 256 g/mol. The molecule has 0 saturated heterocycles. The normalized spacial score (nSPS) is 10.0. The molecule has 3 nitrogen and oxygen atoms in total. The number of rotatable bonds is 3. The van der Waals surface area contributed by atoms with Crippen LogP contribution in [0.2, 0.25) is 0 Å². The Morgan fingerprint density at radius 2 is 2.05 bits per heavy atom. The van der Waals surface area contributed by atoms with Crippen molar-refractivity contribution in [2.75, 3.05) is 11.9 Å². The zero-order valence-electron chi connectivity index (χ0n) is 10.5. The molecule has 0 radical (unpaired) electrons. The molecule has 4 heteroatoms. The molecule has 0 amide bonds. The first-order valence-electron chi connectivity index (χ1n) is 5.79. The zero-order chi connectivity index (χ0) is 13.8. The number of hydrogen-bond donors (Lipinski definition) is 1. The van der Waals surface area contributed by atoms with Gasteiger partial charge in [-0.25, -0.2) is 4.39 Å². The number of aliphatic hydroxyl groups excluding tert-OH is 1. The van der Waals surface area contributed by atoms with Crippen LogP contribution in [-0.2, 0) is 6.61 Å². The van der Waals surface area contributed by atoms with Crippen LogP contribution in [-0.4, -0.2) is 12.2 Å². The second-order valence-corrected chi connectivity index (χ2v) is 4.17. The third-order valence-corrected chi connectivity index (χ3v) is 2.92. The maximum absolute atomic E-state index is 13.9. The van der Waals surface area contributed by atoms with Crippen molar-refractivity contribution in [2.24, 2.45) is 0 Å². The molecule has 19 heavy (non-hydrogen) atoms. The highest BCUT2D eigenvalue weighted by atomic mass is 19.1. The second kappa shape index (κ2) is 5.51. The van der Waals surface area contributed by atoms with Gasteiger partial charge in [-0.2, -0.15) is 5.26 Å². The van der Waals surface area contributed by atoms with Gasteiger partial charge >= 0.3 is 0 Å². The highest BCUT2D eigenvalue weighted by Crippen LogP contribution is 2.27. The van der Waals surface area contributed by atoms with Crippen LogP contribution in [0.15, 0.2) is 42.5 Å². The van der Waals surface area contributed by atoms with Crippen molar-refractivity contribution in [3.8, 4) is 6.07 Å². The molecule has 0 aliphatic carbocycles. The van der Waals surface area contributed by atoms with E-state index < -0.39 is 5.82 Å². The molecule has 0 unspecified atom stereocenters. The summed E-state index contributed by atoms with van der Waals surface area (Å²) in [4.78, 5) is 1.66. The summed E-state index contributed by atoms with van der Waals surface area (Å²) in [5, 5.41) is 17.8. The van der Waals surface area contributed by atoms with Gasteiger partial charge < -0.3 is 10.0 Å². The van der Waals surface area contributed by atoms with E-state index in [4.69, 9.17) is 10.4 Å². The molecule has 2 aromatic rings. The largest absolute Gasteiger partial charge is 0.392 e. The Balaban J connectivity index is 2.38. The van der Waals surface area contributed by atoms with Gasteiger partial charge in [-0.05, 0) is 35.9 Å². The summed E-state index contributed by atoms with van der Waals surface area (Å²) >= 11 is 0. The lowest BCUT2D eigenvalue weighted by Gasteiger charge is -2.20. The smallest absolute Gasteiger partial charge is 0.147 e. The molecule has 2 rings (SSSR count). The van der Waals surface area contributed by atoms with Crippen molar-refractivity contribution in [1.82, 2.24) is 0 Å². The maximum Gasteiger partial charge on any atom is 0.147 e. The zero-order valence-corrected chi connectivity index (χ0v) is 10.5. The van der Waals surface area contributed by atoms with Crippen LogP contribution in [0.1, 0.15) is 11.1 Å². The number of aliphatic hydroxyl groups is 1. The first-order valence-corrected chi connectivity index (χ1v) is 5.79. The summed E-state index contributed by atoms with van der Waals surface area (Å²) in [7, 11) is 1.73. The van der Waals surface area contributed by atoms with Crippen molar-refractivity contribution in [3.05, 3.63) is 59.4 Å². The summed E-state index contributed by atoms with van der Waals surface area (Å²) in [6.07, 6.45) is 0. The number of anilines is 2. The predicted octanol–water partition coefficient (Wildman–Crippen LogP) is 2.96. The minimum Gasteiger partial charge on any atom is -0.392 e. The van der Waals surface area contributed by atoms with Gasteiger partial charge in [-0.15, -0.1) is 0 Å². The van der Waals surface area contributed by atoms with Crippen molar-refractivity contribution in [1.29, 1.82) is 5.26 Å². The number of benzene rings is 2. The van der Waals surface area contributed by atoms with Gasteiger partial charge in [0.1, 0.15) is 5.82 Å². The SMILES string of the molecule is CN(c1cccc(C#N)c1)c1ccc(CO)cc1F. The molecule has 96 valence electrons. The first-order chi connectivity index (χ1) is 9.15. The number of nitriles is 1. The van der Waals surface area contributed by atoms with Gasteiger partial charge in [0.2, 0.25) is 0 Å². The molecule has 0 aromatic heterocycles. The Bertz CT molecular complexity index is 634. The fraction of sp³-hybridized carbons (Fsp3) is 0.133. The Hall–Kier alpha value is -2.38. The van der Waals surface area contributed by atoms with E-state index in [1.54, 1.807) is 48.3 Å². The van der Waals surface area contributed by atoms with Gasteiger partial charge in [0.05, 0.1) is 23.9 Å². The first kappa shape index (κ1) is 13.1. The molecule has 1 N–H and O–H groups in total. The van der Waals surface area contributed by atoms with Crippen LogP contribution >= 0.6 is 0 Å². The molecular weight excluding hydrogens is 243 g/mol. The molecule has 0 aliphatic rings. The molecular formula is C15H13FN2O. The van der Waals surface area contributed by atoms with E-state index in [9.17, 15) is 4.39 Å². The topological polar surface area (TPSA) is 47.3 Å². The summed E-state index contributed by atoms with van der Waals surface area (Å²) < 4.78 is 13.9. The fourth-order valence-corrected chi connectivity index (χ4v) is 1.84. The Morgan fingerprint density at radius 1 is 1.26 bits per heavy atom. The summed E-state index contributed by atoms with van der Waals surface area (Å²) in [5.41, 5.74) is 2.18. The predicted molar refractivity (Wildman–Crippen MR) is 71.5 cm³/mol. The van der Waals surface area contributed by atoms with Crippen LogP contribution in [0, 0.1) is 17.1 Å². The van der Waals surface area contributed by atoms with E-state index in [1.807, 2.05) is 0 Å². The highest BCUT2D eigenvalue weighted by Gasteiger charge is 2.10. The molecule has 0 saturated carbocycles. The van der Waals surface area contributed by atoms with E-state index in [-0.39, 0.29) is 6.61 Å². The maximum atomic E-state index is 13.9. The molecule has 0 aliphatic heterocycles. The van der Waals surface area contributed by atoms with Gasteiger partial charge in [0, 0.05) is 12.7 Å². The summed E-state index contributed by atoms with van der Waals surface area (Å²) in [6, 6.07) is 13.6. The van der Waals surface area contributed by atoms with Crippen LogP contribution in [0.5, 0.6) is 0 Å². The standard InChI is InChI=1S/C15H13FN2O/c1-18(13-4-2-3-11(7-13)9-17)15-6-5-12(10-19)8-14(15)16/h2-8,19H,10H2,1H3. The number of nitrogens with zero attached hydrogens (tertiary/aromatic N) is 2. The monoisotopic (exact) mass is 256 g/mol. The minimum atomic E-state index is -0.406. The lowest BCUT2D eigenvalue weighted by Crippen LogP contribution is -2.11. The fourth-order valence-electron chi connectivity index (χ4n) is 1.84. The summed E-state index contributed by atoms with van der Waals surface area (Å²) in [6.45, 7) is -0.190. The third kappa shape index (κ3) is 2.72. The lowest BCUT2D eigenvalue weighted by atomic mass is 10.1. The van der Waals surface area contributed by atoms with Crippen molar-refractivity contribution in [3.63, 3.8) is 0 Å². The Morgan fingerprint density at radius 3 is 2.68 bits per heavy atom. The van der Waals surface area contributed by atoms with Crippen LogP contribution < -0.4 is 4.90 Å². The van der Waals surface area contributed by atoms with Crippen LogP contribution in [0.4, 0.5) is 15.8 Å². The van der Waals surface area contributed by atoms with Gasteiger partial charge in [0.25, 0.3) is 0 Å².